The van der Waals surface area contributed by atoms with E-state index in [2.05, 4.69) is 25.1 Å². The zero-order valence-corrected chi connectivity index (χ0v) is 16.7. The summed E-state index contributed by atoms with van der Waals surface area (Å²) in [6, 6.07) is 8.69. The van der Waals surface area contributed by atoms with Crippen LogP contribution in [0.4, 0.5) is 5.95 Å². The molecule has 0 aliphatic carbocycles. The molecule has 0 atom stereocenters. The molecule has 0 unspecified atom stereocenters. The van der Waals surface area contributed by atoms with Crippen LogP contribution in [0.3, 0.4) is 0 Å². The molecule has 1 aliphatic rings. The van der Waals surface area contributed by atoms with Gasteiger partial charge in [0.25, 0.3) is 5.91 Å². The first kappa shape index (κ1) is 20.7. The molecule has 1 aliphatic heterocycles. The summed E-state index contributed by atoms with van der Waals surface area (Å²) in [7, 11) is 0. The summed E-state index contributed by atoms with van der Waals surface area (Å²) in [6.45, 7) is 6.72. The Balaban J connectivity index is 1.31. The van der Waals surface area contributed by atoms with Crippen LogP contribution in [-0.4, -0.2) is 72.4 Å². The van der Waals surface area contributed by atoms with Crippen LogP contribution in [0, 0.1) is 0 Å². The fourth-order valence-corrected chi connectivity index (χ4v) is 3.12. The highest BCUT2D eigenvalue weighted by molar-refractivity contribution is 5.95. The molecule has 8 heteroatoms. The number of ketones is 1. The van der Waals surface area contributed by atoms with Crippen LogP contribution in [0.1, 0.15) is 23.7 Å². The van der Waals surface area contributed by atoms with Gasteiger partial charge in [-0.3, -0.25) is 14.5 Å². The van der Waals surface area contributed by atoms with Crippen LogP contribution in [0.15, 0.2) is 42.7 Å². The van der Waals surface area contributed by atoms with E-state index < -0.39 is 0 Å². The second-order valence-corrected chi connectivity index (χ2v) is 6.82. The maximum atomic E-state index is 12.0. The van der Waals surface area contributed by atoms with Gasteiger partial charge < -0.3 is 15.0 Å². The number of aromatic nitrogens is 2. The molecule has 29 heavy (non-hydrogen) atoms. The summed E-state index contributed by atoms with van der Waals surface area (Å²) in [5.41, 5.74) is 0.656. The Bertz CT molecular complexity index is 790. The van der Waals surface area contributed by atoms with Crippen molar-refractivity contribution in [3.05, 3.63) is 48.3 Å². The van der Waals surface area contributed by atoms with E-state index in [9.17, 15) is 9.59 Å². The third-order valence-corrected chi connectivity index (χ3v) is 4.82. The summed E-state index contributed by atoms with van der Waals surface area (Å²) in [4.78, 5) is 36.6. The number of ether oxygens (including phenoxy) is 1. The number of piperazine rings is 1. The normalized spacial score (nSPS) is 14.4. The number of amides is 1. The minimum atomic E-state index is -0.157. The van der Waals surface area contributed by atoms with Crippen LogP contribution in [0.5, 0.6) is 5.75 Å². The zero-order valence-electron chi connectivity index (χ0n) is 16.7. The van der Waals surface area contributed by atoms with E-state index >= 15 is 0 Å². The predicted molar refractivity (Wildman–Crippen MR) is 110 cm³/mol. The van der Waals surface area contributed by atoms with Crippen molar-refractivity contribution in [1.82, 2.24) is 20.2 Å². The molecule has 0 bridgehead atoms. The van der Waals surface area contributed by atoms with Gasteiger partial charge in [-0.25, -0.2) is 9.97 Å². The Morgan fingerprint density at radius 2 is 1.76 bits per heavy atom. The van der Waals surface area contributed by atoms with E-state index in [1.807, 2.05) is 13.0 Å². The molecule has 2 heterocycles. The largest absolute Gasteiger partial charge is 0.484 e. The minimum Gasteiger partial charge on any atom is -0.484 e. The van der Waals surface area contributed by atoms with Gasteiger partial charge in [-0.05, 0) is 30.3 Å². The zero-order chi connectivity index (χ0) is 20.5. The van der Waals surface area contributed by atoms with E-state index in [0.29, 0.717) is 24.3 Å². The number of rotatable bonds is 9. The number of benzene rings is 1. The number of carbonyl (C=O) groups excluding carboxylic acids is 2. The Hall–Kier alpha value is -3.00. The third-order valence-electron chi connectivity index (χ3n) is 4.82. The number of carbonyl (C=O) groups is 2. The molecule has 8 nitrogen and oxygen atoms in total. The van der Waals surface area contributed by atoms with Crippen molar-refractivity contribution >= 4 is 17.6 Å². The van der Waals surface area contributed by atoms with Gasteiger partial charge >= 0.3 is 0 Å². The number of hydrogen-bond donors (Lipinski definition) is 1. The van der Waals surface area contributed by atoms with E-state index in [4.69, 9.17) is 4.74 Å². The quantitative estimate of drug-likeness (QED) is 0.640. The maximum Gasteiger partial charge on any atom is 0.257 e. The molecule has 3 rings (SSSR count). The van der Waals surface area contributed by atoms with E-state index in [1.54, 1.807) is 36.7 Å². The van der Waals surface area contributed by atoms with Crippen LogP contribution in [0.25, 0.3) is 0 Å². The SMILES string of the molecule is CCC(=O)c1ccc(OCC(=O)NCCN2CCN(c3ncccn3)CC2)cc1. The number of anilines is 1. The maximum absolute atomic E-state index is 12.0. The average molecular weight is 397 g/mol. The summed E-state index contributed by atoms with van der Waals surface area (Å²) in [5, 5.41) is 2.88. The van der Waals surface area contributed by atoms with Crippen molar-refractivity contribution in [2.24, 2.45) is 0 Å². The lowest BCUT2D eigenvalue weighted by atomic mass is 10.1. The number of nitrogens with one attached hydrogen (secondary N) is 1. The molecule has 1 N–H and O–H groups in total. The number of hydrogen-bond acceptors (Lipinski definition) is 7. The summed E-state index contributed by atoms with van der Waals surface area (Å²) in [5.74, 6) is 1.28. The molecule has 0 saturated carbocycles. The molecule has 1 saturated heterocycles. The van der Waals surface area contributed by atoms with E-state index in [-0.39, 0.29) is 18.3 Å². The van der Waals surface area contributed by atoms with Crippen LogP contribution in [-0.2, 0) is 4.79 Å². The molecule has 1 aromatic carbocycles. The lowest BCUT2D eigenvalue weighted by molar-refractivity contribution is -0.123. The van der Waals surface area contributed by atoms with Crippen molar-refractivity contribution in [2.75, 3.05) is 50.8 Å². The topological polar surface area (TPSA) is 87.7 Å². The highest BCUT2D eigenvalue weighted by Crippen LogP contribution is 2.13. The summed E-state index contributed by atoms with van der Waals surface area (Å²) >= 11 is 0. The third kappa shape index (κ3) is 6.25. The van der Waals surface area contributed by atoms with Crippen molar-refractivity contribution in [3.63, 3.8) is 0 Å². The van der Waals surface area contributed by atoms with Gasteiger partial charge in [-0.1, -0.05) is 6.92 Å². The summed E-state index contributed by atoms with van der Waals surface area (Å²) < 4.78 is 5.48. The Labute approximate surface area is 170 Å². The van der Waals surface area contributed by atoms with Gasteiger partial charge in [-0.15, -0.1) is 0 Å². The molecular weight excluding hydrogens is 370 g/mol. The predicted octanol–water partition coefficient (Wildman–Crippen LogP) is 1.39. The first-order valence-corrected chi connectivity index (χ1v) is 9.93. The molecule has 1 amide bonds. The van der Waals surface area contributed by atoms with Crippen LogP contribution < -0.4 is 15.0 Å². The Morgan fingerprint density at radius 1 is 1.07 bits per heavy atom. The highest BCUT2D eigenvalue weighted by Gasteiger charge is 2.18. The monoisotopic (exact) mass is 397 g/mol. The molecule has 0 spiro atoms. The van der Waals surface area contributed by atoms with Crippen molar-refractivity contribution < 1.29 is 14.3 Å². The lowest BCUT2D eigenvalue weighted by Gasteiger charge is -2.34. The van der Waals surface area contributed by atoms with Gasteiger partial charge in [0.15, 0.2) is 12.4 Å². The van der Waals surface area contributed by atoms with Gasteiger partial charge in [0.05, 0.1) is 0 Å². The second kappa shape index (κ2) is 10.5. The molecular formula is C21H27N5O3. The van der Waals surface area contributed by atoms with Gasteiger partial charge in [-0.2, -0.15) is 0 Å². The number of nitrogens with zero attached hydrogens (tertiary/aromatic N) is 4. The molecule has 154 valence electrons. The van der Waals surface area contributed by atoms with Crippen molar-refractivity contribution in [2.45, 2.75) is 13.3 Å². The van der Waals surface area contributed by atoms with Gasteiger partial charge in [0, 0.05) is 63.6 Å². The number of Topliss-reactive ketones (excluding diaryl/α,β-unsaturated/α-hetero) is 1. The summed E-state index contributed by atoms with van der Waals surface area (Å²) in [6.07, 6.45) is 3.98. The van der Waals surface area contributed by atoms with E-state index in [0.717, 1.165) is 38.7 Å². The lowest BCUT2D eigenvalue weighted by Crippen LogP contribution is -2.49. The average Bonchev–Trinajstić information content (AvgIpc) is 2.78. The van der Waals surface area contributed by atoms with Crippen molar-refractivity contribution in [1.29, 1.82) is 0 Å². The molecule has 1 fully saturated rings. The Morgan fingerprint density at radius 3 is 2.41 bits per heavy atom. The molecule has 0 radical (unpaired) electrons. The minimum absolute atomic E-state index is 0.0415. The standard InChI is InChI=1S/C21H27N5O3/c1-2-19(27)17-4-6-18(7-5-17)29-16-20(28)22-10-11-25-12-14-26(15-13-25)21-23-8-3-9-24-21/h3-9H,2,10-16H2,1H3,(H,22,28). The Kier molecular flexibility index (Phi) is 7.52. The van der Waals surface area contributed by atoms with Crippen LogP contribution in [0.2, 0.25) is 0 Å². The smallest absolute Gasteiger partial charge is 0.257 e. The van der Waals surface area contributed by atoms with Crippen molar-refractivity contribution in [3.8, 4) is 5.75 Å². The van der Waals surface area contributed by atoms with Gasteiger partial charge in [0.2, 0.25) is 5.95 Å². The molecule has 1 aromatic heterocycles. The van der Waals surface area contributed by atoms with Gasteiger partial charge in [0.1, 0.15) is 5.75 Å². The van der Waals surface area contributed by atoms with E-state index in [1.165, 1.54) is 0 Å². The highest BCUT2D eigenvalue weighted by atomic mass is 16.5. The first-order chi connectivity index (χ1) is 14.2. The molecule has 2 aromatic rings. The fourth-order valence-electron chi connectivity index (χ4n) is 3.12. The first-order valence-electron chi connectivity index (χ1n) is 9.93. The fraction of sp³-hybridized carbons (Fsp3) is 0.429. The second-order valence-electron chi connectivity index (χ2n) is 6.82. The van der Waals surface area contributed by atoms with Crippen LogP contribution >= 0.6 is 0 Å².